The molecule has 0 radical (unpaired) electrons. The van der Waals surface area contributed by atoms with Crippen molar-refractivity contribution in [1.82, 2.24) is 0 Å². The van der Waals surface area contributed by atoms with Crippen LogP contribution in [0.4, 0.5) is 50.4 Å². The molecule has 558 valence electrons. The molecule has 0 fully saturated rings. The van der Waals surface area contributed by atoms with Crippen LogP contribution in [0.3, 0.4) is 0 Å². The molecule has 6 aromatic carbocycles. The third-order valence-corrected chi connectivity index (χ3v) is 15.8. The minimum Gasteiger partial charge on any atom is -0.491 e. The summed E-state index contributed by atoms with van der Waals surface area (Å²) in [4.78, 5) is 0. The van der Waals surface area contributed by atoms with Crippen molar-refractivity contribution in [2.75, 3.05) is 106 Å². The Kier molecular flexibility index (Phi) is 27.9. The van der Waals surface area contributed by atoms with E-state index in [1.165, 1.54) is 77.9 Å². The van der Waals surface area contributed by atoms with Gasteiger partial charge in [0.2, 0.25) is 0 Å². The number of rotatable bonds is 1. The number of aryl methyl sites for hydroxylation is 2. The Bertz CT molecular complexity index is 3500. The number of aromatic nitrogens is 2. The first-order valence-corrected chi connectivity index (χ1v) is 38.2. The van der Waals surface area contributed by atoms with E-state index < -0.39 is 24.2 Å². The van der Waals surface area contributed by atoms with Crippen LogP contribution in [0.1, 0.15) is 90.4 Å². The third kappa shape index (κ3) is 26.4. The molecule has 0 unspecified atom stereocenters. The van der Waals surface area contributed by atoms with Crippen LogP contribution in [0, 0.1) is 0 Å². The van der Waals surface area contributed by atoms with Gasteiger partial charge in [0.05, 0.1) is 79.3 Å². The summed E-state index contributed by atoms with van der Waals surface area (Å²) in [5, 5.41) is 0. The van der Waals surface area contributed by atoms with Crippen LogP contribution in [0.25, 0.3) is 11.1 Å². The molecular formula is C70H72Cl6F12N2O10P2. The number of halogens is 18. The molecule has 8 aromatic rings. The summed E-state index contributed by atoms with van der Waals surface area (Å²) < 4.78 is 183. The Morgan fingerprint density at radius 2 is 0.422 bits per heavy atom. The van der Waals surface area contributed by atoms with E-state index in [2.05, 4.69) is 146 Å². The van der Waals surface area contributed by atoms with Crippen LogP contribution in [0.2, 0.25) is 0 Å². The molecule has 4 heterocycles. The fraction of sp³-hybridized carbons (Fsp3) is 0.343. The molecule has 6 aliphatic carbocycles. The van der Waals surface area contributed by atoms with Crippen molar-refractivity contribution in [2.45, 2.75) is 32.3 Å². The number of pyridine rings is 2. The molecule has 0 atom stereocenters. The molecule has 32 heteroatoms. The van der Waals surface area contributed by atoms with Gasteiger partial charge in [-0.05, 0) is 79.9 Å². The topological polar surface area (TPSA) is 100 Å². The van der Waals surface area contributed by atoms with Gasteiger partial charge in [-0.15, -0.1) is 0 Å². The molecule has 0 N–H and O–H groups in total. The molecule has 0 saturated carbocycles. The maximum absolute atomic E-state index is 10.7. The Morgan fingerprint density at radius 1 is 0.275 bits per heavy atom. The fourth-order valence-electron chi connectivity index (χ4n) is 12.3. The summed E-state index contributed by atoms with van der Waals surface area (Å²) in [7, 11) is -17.3. The second-order valence-electron chi connectivity index (χ2n) is 23.0. The first-order chi connectivity index (χ1) is 48.0. The largest absolute Gasteiger partial charge is 0.491 e. The van der Waals surface area contributed by atoms with Crippen LogP contribution in [-0.2, 0) is 42.5 Å². The van der Waals surface area contributed by atoms with Crippen molar-refractivity contribution in [3.05, 3.63) is 237 Å². The maximum Gasteiger partial charge on any atom is 0.124 e. The van der Waals surface area contributed by atoms with E-state index in [9.17, 15) is 50.4 Å². The van der Waals surface area contributed by atoms with Gasteiger partial charge in [-0.1, -0.05) is 167 Å². The van der Waals surface area contributed by atoms with Gasteiger partial charge < -0.3 is 47.4 Å². The van der Waals surface area contributed by atoms with E-state index in [1.807, 2.05) is 47.5 Å². The van der Waals surface area contributed by atoms with Gasteiger partial charge in [0.25, 0.3) is 0 Å². The molecule has 8 bridgehead atoms. The normalized spacial score (nSPS) is 19.7. The van der Waals surface area contributed by atoms with Crippen LogP contribution < -0.4 is 28.1 Å². The maximum atomic E-state index is 9.87. The van der Waals surface area contributed by atoms with Gasteiger partial charge in [0, 0.05) is 70.2 Å². The molecule has 2 aliphatic heterocycles. The smallest absolute Gasteiger partial charge is 0.124 e. The van der Waals surface area contributed by atoms with Crippen LogP contribution in [0.5, 0.6) is 23.0 Å². The van der Waals surface area contributed by atoms with Crippen LogP contribution >= 0.6 is 85.2 Å². The molecule has 102 heavy (non-hydrogen) atoms. The first-order valence-electron chi connectivity index (χ1n) is 31.5. The summed E-state index contributed by atoms with van der Waals surface area (Å²) in [5.41, 5.74) is 17.7. The van der Waals surface area contributed by atoms with E-state index in [0.717, 1.165) is 23.0 Å². The van der Waals surface area contributed by atoms with Gasteiger partial charge in [0.1, 0.15) is 63.5 Å². The second kappa shape index (κ2) is 34.7. The molecule has 0 saturated heterocycles. The Balaban J connectivity index is 0.000000299. The fourth-order valence-corrected chi connectivity index (χ4v) is 12.3. The molecule has 16 rings (SSSR count). The van der Waals surface area contributed by atoms with Crippen molar-refractivity contribution in [3.63, 3.8) is 0 Å². The summed E-state index contributed by atoms with van der Waals surface area (Å²) >= 11 is 28.8. The Labute approximate surface area is 611 Å². The number of nitrogens with zero attached hydrogens (tertiary/aromatic N) is 2. The Hall–Kier alpha value is -5.66. The van der Waals surface area contributed by atoms with E-state index >= 15 is 0 Å². The van der Waals surface area contributed by atoms with E-state index in [-0.39, 0.29) is 23.7 Å². The standard InChI is InChI=1S/C56H56O10.C12H14N2.2CHCl3.2F6P/c1-2-10-38-37(9-1)49-39-11-3-4-12-40(39)50(38)54-46-18-17-45(53(49)54)63-33-29-59-25-21-57-23-27-61-31-35-65-47-19-20-48(66-36-32-62-28-24-58-22-26-60-30-34-64-46)56-52-43-15-7-5-13-41(43)51(55(47)56)42-14-6-8-16-44(42)52;1-13-7-3-11(4-8-13)12-5-9-14(2)10-6-12;2*2-1(3)4;2*1-7(2,3,4,5)6/h1-20,49-52H,21-36H2;3-10H,1-2H3;2*1H;;/q;+2;;;2*-1. The van der Waals surface area contributed by atoms with Crippen molar-refractivity contribution in [1.29, 1.82) is 0 Å². The van der Waals surface area contributed by atoms with E-state index in [4.69, 9.17) is 117 Å². The number of ether oxygens (including phenoxy) is 10. The van der Waals surface area contributed by atoms with Crippen LogP contribution in [0.15, 0.2) is 170 Å². The summed E-state index contributed by atoms with van der Waals surface area (Å²) in [5.74, 6) is 3.60. The average Bonchev–Trinajstić information content (AvgIpc) is 0.702. The minimum absolute atomic E-state index is 0.0407. The SMILES string of the molecule is C[n+]1ccc(-c2cc[n+](C)cc2)cc1.ClC(Cl)Cl.ClC(Cl)Cl.F[P-](F)(F)(F)(F)F.F[P-](F)(F)(F)(F)F.c1ccc2c(c1)C1c3ccccc3C2c2c3ccc(c21)OCCOCCOCCOCCOc1ccc(c2c1C1c4ccccc4C2c2ccccc21)OCCOCCOCCOCCO3. The Morgan fingerprint density at radius 3 is 0.578 bits per heavy atom. The summed E-state index contributed by atoms with van der Waals surface area (Å²) in [6, 6.07) is 51.8. The van der Waals surface area contributed by atoms with Crippen molar-refractivity contribution in [3.8, 4) is 34.1 Å². The number of benzene rings is 6. The minimum atomic E-state index is -10.7. The summed E-state index contributed by atoms with van der Waals surface area (Å²) in [6.07, 6.45) is 8.23. The van der Waals surface area contributed by atoms with Crippen molar-refractivity contribution in [2.24, 2.45) is 14.1 Å². The molecule has 2 aromatic heterocycles. The first kappa shape index (κ1) is 82.0. The van der Waals surface area contributed by atoms with Crippen molar-refractivity contribution < 1.29 is 107 Å². The number of alkyl halides is 6. The number of fused-ring (bicyclic) bond motifs is 25. The van der Waals surface area contributed by atoms with E-state index in [0.29, 0.717) is 106 Å². The number of hydrogen-bond acceptors (Lipinski definition) is 10. The summed E-state index contributed by atoms with van der Waals surface area (Å²) in [6.45, 7) is 7.13. The second-order valence-corrected chi connectivity index (χ2v) is 30.8. The van der Waals surface area contributed by atoms with Gasteiger partial charge >= 0.3 is 66.0 Å². The van der Waals surface area contributed by atoms with Gasteiger partial charge in [0.15, 0.2) is 33.4 Å². The predicted molar refractivity (Wildman–Crippen MR) is 373 cm³/mol. The number of hydrogen-bond donors (Lipinski definition) is 0. The zero-order chi connectivity index (χ0) is 74.0. The third-order valence-electron chi connectivity index (χ3n) is 15.8. The molecular weight excluding hydrogens is 1530 g/mol. The van der Waals surface area contributed by atoms with Crippen molar-refractivity contribution >= 4 is 85.2 Å². The predicted octanol–water partition coefficient (Wildman–Crippen LogP) is 20.7. The van der Waals surface area contributed by atoms with E-state index in [1.54, 1.807) is 0 Å². The monoisotopic (exact) mass is 1600 g/mol. The average molecular weight is 1600 g/mol. The quantitative estimate of drug-likeness (QED) is 0.0519. The zero-order valence-electron chi connectivity index (χ0n) is 54.6. The molecule has 0 spiro atoms. The van der Waals surface area contributed by atoms with Gasteiger partial charge in [-0.25, -0.2) is 9.13 Å². The molecule has 0 amide bonds. The molecule has 8 aliphatic rings. The van der Waals surface area contributed by atoms with Gasteiger partial charge in [-0.3, -0.25) is 0 Å². The zero-order valence-corrected chi connectivity index (χ0v) is 60.9. The molecule has 12 nitrogen and oxygen atoms in total. The van der Waals surface area contributed by atoms with Gasteiger partial charge in [-0.2, -0.15) is 0 Å². The van der Waals surface area contributed by atoms with Crippen LogP contribution in [-0.4, -0.2) is 114 Å².